The van der Waals surface area contributed by atoms with Crippen LogP contribution in [0.2, 0.25) is 0 Å². The van der Waals surface area contributed by atoms with Crippen molar-refractivity contribution in [2.45, 2.75) is 45.2 Å². The molecule has 0 spiro atoms. The highest BCUT2D eigenvalue weighted by molar-refractivity contribution is 7.15. The van der Waals surface area contributed by atoms with Crippen molar-refractivity contribution in [1.82, 2.24) is 4.98 Å². The number of aryl methyl sites for hydroxylation is 1. The minimum absolute atomic E-state index is 0.111. The highest BCUT2D eigenvalue weighted by Crippen LogP contribution is 2.35. The van der Waals surface area contributed by atoms with Crippen LogP contribution in [0.5, 0.6) is 5.75 Å². The zero-order chi connectivity index (χ0) is 24.0. The lowest BCUT2D eigenvalue weighted by atomic mass is 10.1. The lowest BCUT2D eigenvalue weighted by Gasteiger charge is -2.16. The Hall–Kier alpha value is -2.78. The number of nitrogens with one attached hydrogen (secondary N) is 1. The Kier molecular flexibility index (Phi) is 8.20. The Morgan fingerprint density at radius 3 is 2.42 bits per heavy atom. The van der Waals surface area contributed by atoms with Gasteiger partial charge in [-0.05, 0) is 73.7 Å². The molecule has 0 aliphatic rings. The molecule has 5 nitrogen and oxygen atoms in total. The Morgan fingerprint density at radius 2 is 1.82 bits per heavy atom. The van der Waals surface area contributed by atoms with E-state index in [0.29, 0.717) is 36.6 Å². The summed E-state index contributed by atoms with van der Waals surface area (Å²) in [6.07, 6.45) is -2.81. The molecule has 9 heteroatoms. The number of rotatable bonds is 10. The fourth-order valence-corrected chi connectivity index (χ4v) is 4.45. The van der Waals surface area contributed by atoms with Gasteiger partial charge in [-0.1, -0.05) is 6.92 Å². The maximum absolute atomic E-state index is 12.8. The second-order valence-corrected chi connectivity index (χ2v) is 8.97. The topological polar surface area (TPSA) is 71.4 Å². The normalized spacial score (nSPS) is 11.6. The minimum Gasteiger partial charge on any atom is -0.494 e. The number of pyridine rings is 1. The number of nitrogens with two attached hydrogens (primary N) is 1. The van der Waals surface area contributed by atoms with Gasteiger partial charge in [-0.15, -0.1) is 11.3 Å². The lowest BCUT2D eigenvalue weighted by Crippen LogP contribution is -2.32. The van der Waals surface area contributed by atoms with Crippen molar-refractivity contribution in [2.24, 2.45) is 5.84 Å². The second-order valence-electron chi connectivity index (χ2n) is 7.80. The number of anilines is 1. The maximum atomic E-state index is 12.8. The van der Waals surface area contributed by atoms with E-state index >= 15 is 0 Å². The van der Waals surface area contributed by atoms with E-state index < -0.39 is 12.6 Å². The first-order valence-corrected chi connectivity index (χ1v) is 11.6. The SMILES string of the molecule is CCc1ccc(-c2cc(-c3ccc(OCCCCCC(F)(F)F)cc3)[nH]c(=O)c2N(C)N)s1. The van der Waals surface area contributed by atoms with E-state index in [1.54, 1.807) is 30.5 Å². The predicted molar refractivity (Wildman–Crippen MR) is 128 cm³/mol. The number of ether oxygens (including phenoxy) is 1. The molecule has 3 N–H and O–H groups in total. The number of aromatic amines is 1. The van der Waals surface area contributed by atoms with Crippen LogP contribution >= 0.6 is 11.3 Å². The molecule has 1 aromatic carbocycles. The summed E-state index contributed by atoms with van der Waals surface area (Å²) in [7, 11) is 1.64. The Bertz CT molecular complexity index is 1110. The number of hydrogen-bond acceptors (Lipinski definition) is 5. The van der Waals surface area contributed by atoms with Crippen LogP contribution in [0.3, 0.4) is 0 Å². The molecule has 0 radical (unpaired) electrons. The predicted octanol–water partition coefficient (Wildman–Crippen LogP) is 6.14. The van der Waals surface area contributed by atoms with Gasteiger partial charge in [0.2, 0.25) is 0 Å². The molecular weight excluding hydrogens is 451 g/mol. The van der Waals surface area contributed by atoms with E-state index in [2.05, 4.69) is 18.0 Å². The number of nitrogens with zero attached hydrogens (tertiary/aromatic N) is 1. The van der Waals surface area contributed by atoms with Crippen molar-refractivity contribution >= 4 is 17.0 Å². The molecule has 0 aliphatic carbocycles. The molecule has 0 amide bonds. The molecule has 0 unspecified atom stereocenters. The molecule has 0 bridgehead atoms. The molecule has 178 valence electrons. The third-order valence-electron chi connectivity index (χ3n) is 5.17. The largest absolute Gasteiger partial charge is 0.494 e. The van der Waals surface area contributed by atoms with Crippen LogP contribution in [0.25, 0.3) is 21.7 Å². The Morgan fingerprint density at radius 1 is 1.09 bits per heavy atom. The quantitative estimate of drug-likeness (QED) is 0.208. The average Bonchev–Trinajstić information content (AvgIpc) is 3.24. The smallest absolute Gasteiger partial charge is 0.389 e. The number of hydrogen-bond donors (Lipinski definition) is 2. The van der Waals surface area contributed by atoms with Gasteiger partial charge in [-0.3, -0.25) is 4.79 Å². The number of thiophene rings is 1. The van der Waals surface area contributed by atoms with Crippen LogP contribution in [0.15, 0.2) is 47.3 Å². The number of aromatic nitrogens is 1. The maximum Gasteiger partial charge on any atom is 0.389 e. The van der Waals surface area contributed by atoms with Crippen LogP contribution in [0.1, 0.15) is 37.5 Å². The zero-order valence-corrected chi connectivity index (χ0v) is 19.5. The minimum atomic E-state index is -4.10. The first-order valence-electron chi connectivity index (χ1n) is 10.8. The van der Waals surface area contributed by atoms with E-state index in [-0.39, 0.29) is 12.0 Å². The number of benzene rings is 1. The van der Waals surface area contributed by atoms with Crippen LogP contribution in [0, 0.1) is 0 Å². The summed E-state index contributed by atoms with van der Waals surface area (Å²) in [5.74, 6) is 6.57. The van der Waals surface area contributed by atoms with Gasteiger partial charge in [0.25, 0.3) is 5.56 Å². The van der Waals surface area contributed by atoms with Crippen molar-refractivity contribution in [3.8, 4) is 27.4 Å². The van der Waals surface area contributed by atoms with Crippen molar-refractivity contribution in [2.75, 3.05) is 18.7 Å². The van der Waals surface area contributed by atoms with Crippen molar-refractivity contribution in [3.63, 3.8) is 0 Å². The summed E-state index contributed by atoms with van der Waals surface area (Å²) < 4.78 is 42.2. The third-order valence-corrected chi connectivity index (χ3v) is 6.44. The fourth-order valence-electron chi connectivity index (χ4n) is 3.48. The summed E-state index contributed by atoms with van der Waals surface area (Å²) in [5, 5.41) is 1.33. The van der Waals surface area contributed by atoms with Gasteiger partial charge in [0, 0.05) is 34.5 Å². The van der Waals surface area contributed by atoms with Crippen LogP contribution in [0.4, 0.5) is 18.9 Å². The summed E-state index contributed by atoms with van der Waals surface area (Å²) in [5.41, 5.74) is 2.35. The van der Waals surface area contributed by atoms with Gasteiger partial charge >= 0.3 is 6.18 Å². The number of alkyl halides is 3. The highest BCUT2D eigenvalue weighted by Gasteiger charge is 2.25. The van der Waals surface area contributed by atoms with Crippen LogP contribution in [-0.4, -0.2) is 24.8 Å². The van der Waals surface area contributed by atoms with Gasteiger partial charge in [0.15, 0.2) is 0 Å². The molecule has 3 rings (SSSR count). The molecule has 2 heterocycles. The monoisotopic (exact) mass is 479 g/mol. The summed E-state index contributed by atoms with van der Waals surface area (Å²) >= 11 is 1.63. The first-order chi connectivity index (χ1) is 15.7. The number of unbranched alkanes of at least 4 members (excludes halogenated alkanes) is 2. The number of hydrazine groups is 1. The molecule has 2 aromatic heterocycles. The molecule has 33 heavy (non-hydrogen) atoms. The van der Waals surface area contributed by atoms with Gasteiger partial charge in [-0.25, -0.2) is 5.84 Å². The van der Waals surface area contributed by atoms with E-state index in [9.17, 15) is 18.0 Å². The molecule has 0 saturated carbocycles. The van der Waals surface area contributed by atoms with Crippen molar-refractivity contribution < 1.29 is 17.9 Å². The van der Waals surface area contributed by atoms with Crippen molar-refractivity contribution in [3.05, 3.63) is 57.7 Å². The Balaban J connectivity index is 1.72. The third kappa shape index (κ3) is 6.85. The molecule has 0 saturated heterocycles. The van der Waals surface area contributed by atoms with Crippen molar-refractivity contribution in [1.29, 1.82) is 0 Å². The first kappa shape index (κ1) is 24.9. The van der Waals surface area contributed by atoms with Gasteiger partial charge in [-0.2, -0.15) is 13.2 Å². The zero-order valence-electron chi connectivity index (χ0n) is 18.7. The van der Waals surface area contributed by atoms with E-state index in [1.165, 1.54) is 9.89 Å². The van der Waals surface area contributed by atoms with Gasteiger partial charge in [0.1, 0.15) is 11.4 Å². The van der Waals surface area contributed by atoms with E-state index in [4.69, 9.17) is 10.6 Å². The molecule has 0 atom stereocenters. The Labute approximate surface area is 195 Å². The molecule has 3 aromatic rings. The number of H-pyrrole nitrogens is 1. The summed E-state index contributed by atoms with van der Waals surface area (Å²) in [6, 6.07) is 13.2. The lowest BCUT2D eigenvalue weighted by molar-refractivity contribution is -0.135. The summed E-state index contributed by atoms with van der Waals surface area (Å²) in [6.45, 7) is 2.44. The molecule has 0 fully saturated rings. The fraction of sp³-hybridized carbons (Fsp3) is 0.375. The summed E-state index contributed by atoms with van der Waals surface area (Å²) in [4.78, 5) is 17.9. The standard InChI is InChI=1S/C24H28F3N3O2S/c1-3-18-11-12-21(33-18)19-15-20(29-23(31)22(19)30(2)28)16-7-9-17(10-8-16)32-14-6-4-5-13-24(25,26)27/h7-12,15H,3-6,13-14,28H2,1-2H3,(H,29,31). The van der Waals surface area contributed by atoms with E-state index in [0.717, 1.165) is 22.4 Å². The average molecular weight is 480 g/mol. The van der Waals surface area contributed by atoms with Crippen LogP contribution < -0.4 is 21.1 Å². The molecule has 0 aliphatic heterocycles. The number of halogens is 3. The molecular formula is C24H28F3N3O2S. The highest BCUT2D eigenvalue weighted by atomic mass is 32.1. The van der Waals surface area contributed by atoms with Gasteiger partial charge < -0.3 is 14.7 Å². The van der Waals surface area contributed by atoms with E-state index in [1.807, 2.05) is 24.3 Å². The van der Waals surface area contributed by atoms with Gasteiger partial charge in [0.05, 0.1) is 6.61 Å². The second kappa shape index (κ2) is 10.9. The van der Waals surface area contributed by atoms with Crippen LogP contribution in [-0.2, 0) is 6.42 Å².